The molecule has 1 aliphatic carbocycles. The number of anilines is 1. The summed E-state index contributed by atoms with van der Waals surface area (Å²) in [5, 5.41) is 2.82. The van der Waals surface area contributed by atoms with Crippen molar-refractivity contribution in [3.8, 4) is 0 Å². The van der Waals surface area contributed by atoms with Gasteiger partial charge in [-0.05, 0) is 37.1 Å². The zero-order chi connectivity index (χ0) is 12.3. The van der Waals surface area contributed by atoms with Gasteiger partial charge in [0.15, 0.2) is 0 Å². The summed E-state index contributed by atoms with van der Waals surface area (Å²) in [6.07, 6.45) is 3.79. The summed E-state index contributed by atoms with van der Waals surface area (Å²) in [5.74, 6) is -0.346. The molecule has 92 valence electrons. The highest BCUT2D eigenvalue weighted by molar-refractivity contribution is 5.95. The fourth-order valence-electron chi connectivity index (χ4n) is 2.37. The maximum absolute atomic E-state index is 12.7. The number of nitrogens with two attached hydrogens (primary N) is 1. The van der Waals surface area contributed by atoms with Gasteiger partial charge in [0.1, 0.15) is 5.82 Å². The number of hydrogen-bond acceptors (Lipinski definition) is 2. The van der Waals surface area contributed by atoms with E-state index in [1.54, 1.807) is 12.1 Å². The molecule has 4 heteroatoms. The van der Waals surface area contributed by atoms with Crippen molar-refractivity contribution >= 4 is 11.6 Å². The molecule has 0 heterocycles. The van der Waals surface area contributed by atoms with E-state index in [9.17, 15) is 9.18 Å². The molecule has 0 atom stereocenters. The molecule has 0 radical (unpaired) electrons. The number of hydrogen-bond donors (Lipinski definition) is 2. The summed E-state index contributed by atoms with van der Waals surface area (Å²) in [6.45, 7) is 0.375. The first kappa shape index (κ1) is 12.0. The molecule has 3 nitrogen and oxygen atoms in total. The van der Waals surface area contributed by atoms with Crippen LogP contribution in [-0.4, -0.2) is 12.5 Å². The van der Waals surface area contributed by atoms with Gasteiger partial charge in [-0.3, -0.25) is 4.79 Å². The lowest BCUT2D eigenvalue weighted by atomic mass is 9.85. The number of nitrogens with one attached hydrogen (secondary N) is 1. The Morgan fingerprint density at radius 3 is 2.41 bits per heavy atom. The molecule has 1 aromatic carbocycles. The van der Waals surface area contributed by atoms with Gasteiger partial charge < -0.3 is 11.1 Å². The lowest BCUT2D eigenvalue weighted by Gasteiger charge is -2.25. The first-order valence-electron chi connectivity index (χ1n) is 5.93. The SMILES string of the molecule is NCC1(C(=O)Nc2ccc(F)cc2)CCCC1. The van der Waals surface area contributed by atoms with Crippen LogP contribution in [0.4, 0.5) is 10.1 Å². The Labute approximate surface area is 100 Å². The zero-order valence-electron chi connectivity index (χ0n) is 9.71. The Kier molecular flexibility index (Phi) is 3.43. The number of benzene rings is 1. The number of rotatable bonds is 3. The summed E-state index contributed by atoms with van der Waals surface area (Å²) in [6, 6.07) is 5.79. The van der Waals surface area contributed by atoms with E-state index in [1.807, 2.05) is 0 Å². The molecular formula is C13H17FN2O. The lowest BCUT2D eigenvalue weighted by molar-refractivity contribution is -0.124. The van der Waals surface area contributed by atoms with Gasteiger partial charge in [-0.25, -0.2) is 4.39 Å². The van der Waals surface area contributed by atoms with Crippen molar-refractivity contribution in [2.75, 3.05) is 11.9 Å². The quantitative estimate of drug-likeness (QED) is 0.846. The average molecular weight is 236 g/mol. The third kappa shape index (κ3) is 2.47. The average Bonchev–Trinajstić information content (AvgIpc) is 2.82. The summed E-state index contributed by atoms with van der Waals surface area (Å²) >= 11 is 0. The minimum absolute atomic E-state index is 0.0379. The number of carbonyl (C=O) groups is 1. The van der Waals surface area contributed by atoms with Gasteiger partial charge in [0, 0.05) is 12.2 Å². The van der Waals surface area contributed by atoms with E-state index in [1.165, 1.54) is 12.1 Å². The molecule has 1 aliphatic rings. The zero-order valence-corrected chi connectivity index (χ0v) is 9.71. The van der Waals surface area contributed by atoms with Crippen LogP contribution < -0.4 is 11.1 Å². The maximum atomic E-state index is 12.7. The third-order valence-electron chi connectivity index (χ3n) is 3.54. The third-order valence-corrected chi connectivity index (χ3v) is 3.54. The molecule has 17 heavy (non-hydrogen) atoms. The van der Waals surface area contributed by atoms with E-state index in [-0.39, 0.29) is 11.7 Å². The highest BCUT2D eigenvalue weighted by atomic mass is 19.1. The highest BCUT2D eigenvalue weighted by Crippen LogP contribution is 2.38. The van der Waals surface area contributed by atoms with Crippen LogP contribution in [0.15, 0.2) is 24.3 Å². The molecule has 0 saturated heterocycles. The van der Waals surface area contributed by atoms with Crippen molar-refractivity contribution in [3.63, 3.8) is 0 Å². The number of halogens is 1. The topological polar surface area (TPSA) is 55.1 Å². The van der Waals surface area contributed by atoms with Gasteiger partial charge >= 0.3 is 0 Å². The highest BCUT2D eigenvalue weighted by Gasteiger charge is 2.39. The summed E-state index contributed by atoms with van der Waals surface area (Å²) in [5.41, 5.74) is 5.93. The van der Waals surface area contributed by atoms with Gasteiger partial charge in [0.25, 0.3) is 0 Å². The Balaban J connectivity index is 2.08. The smallest absolute Gasteiger partial charge is 0.231 e. The van der Waals surface area contributed by atoms with E-state index in [2.05, 4.69) is 5.32 Å². The van der Waals surface area contributed by atoms with Crippen molar-refractivity contribution in [2.24, 2.45) is 11.1 Å². The van der Waals surface area contributed by atoms with Crippen molar-refractivity contribution in [2.45, 2.75) is 25.7 Å². The van der Waals surface area contributed by atoms with Crippen molar-refractivity contribution in [1.29, 1.82) is 0 Å². The summed E-state index contributed by atoms with van der Waals surface area (Å²) in [7, 11) is 0. The molecule has 1 aromatic rings. The minimum atomic E-state index is -0.422. The van der Waals surface area contributed by atoms with Crippen LogP contribution in [0.1, 0.15) is 25.7 Å². The van der Waals surface area contributed by atoms with Gasteiger partial charge in [0.2, 0.25) is 5.91 Å². The van der Waals surface area contributed by atoms with Gasteiger partial charge in [-0.2, -0.15) is 0 Å². The number of amides is 1. The van der Waals surface area contributed by atoms with Crippen LogP contribution in [0, 0.1) is 11.2 Å². The van der Waals surface area contributed by atoms with Crippen molar-refractivity contribution < 1.29 is 9.18 Å². The van der Waals surface area contributed by atoms with Gasteiger partial charge in [-0.1, -0.05) is 12.8 Å². The van der Waals surface area contributed by atoms with Gasteiger partial charge in [-0.15, -0.1) is 0 Å². The second-order valence-corrected chi connectivity index (χ2v) is 4.65. The molecule has 0 unspecified atom stereocenters. The molecule has 3 N–H and O–H groups in total. The van der Waals surface area contributed by atoms with E-state index in [0.29, 0.717) is 12.2 Å². The van der Waals surface area contributed by atoms with Crippen LogP contribution in [0.25, 0.3) is 0 Å². The summed E-state index contributed by atoms with van der Waals surface area (Å²) < 4.78 is 12.7. The maximum Gasteiger partial charge on any atom is 0.231 e. The normalized spacial score (nSPS) is 18.0. The Hall–Kier alpha value is -1.42. The predicted octanol–water partition coefficient (Wildman–Crippen LogP) is 2.28. The molecule has 0 spiro atoms. The molecule has 1 fully saturated rings. The van der Waals surface area contributed by atoms with E-state index in [0.717, 1.165) is 25.7 Å². The standard InChI is InChI=1S/C13H17FN2O/c14-10-3-5-11(6-4-10)16-12(17)13(9-15)7-1-2-8-13/h3-6H,1-2,7-9,15H2,(H,16,17). The number of carbonyl (C=O) groups excluding carboxylic acids is 1. The van der Waals surface area contributed by atoms with Crippen LogP contribution in [0.3, 0.4) is 0 Å². The largest absolute Gasteiger partial charge is 0.329 e. The van der Waals surface area contributed by atoms with Crippen LogP contribution in [0.2, 0.25) is 0 Å². The fourth-order valence-corrected chi connectivity index (χ4v) is 2.37. The second kappa shape index (κ2) is 4.84. The molecule has 1 saturated carbocycles. The molecule has 0 bridgehead atoms. The Morgan fingerprint density at radius 2 is 1.88 bits per heavy atom. The van der Waals surface area contributed by atoms with E-state index < -0.39 is 5.41 Å². The van der Waals surface area contributed by atoms with E-state index in [4.69, 9.17) is 5.73 Å². The van der Waals surface area contributed by atoms with Crippen LogP contribution in [0.5, 0.6) is 0 Å². The first-order chi connectivity index (χ1) is 8.16. The predicted molar refractivity (Wildman–Crippen MR) is 65.0 cm³/mol. The van der Waals surface area contributed by atoms with Crippen LogP contribution in [-0.2, 0) is 4.79 Å². The first-order valence-corrected chi connectivity index (χ1v) is 5.93. The molecule has 2 rings (SSSR count). The van der Waals surface area contributed by atoms with E-state index >= 15 is 0 Å². The van der Waals surface area contributed by atoms with Gasteiger partial charge in [0.05, 0.1) is 5.41 Å². The monoisotopic (exact) mass is 236 g/mol. The molecule has 0 aliphatic heterocycles. The fraction of sp³-hybridized carbons (Fsp3) is 0.462. The Morgan fingerprint density at radius 1 is 1.29 bits per heavy atom. The van der Waals surface area contributed by atoms with Crippen molar-refractivity contribution in [3.05, 3.63) is 30.1 Å². The summed E-state index contributed by atoms with van der Waals surface area (Å²) in [4.78, 5) is 12.2. The lowest BCUT2D eigenvalue weighted by Crippen LogP contribution is -2.40. The molecule has 1 amide bonds. The Bertz CT molecular complexity index is 396. The minimum Gasteiger partial charge on any atom is -0.329 e. The molecule has 0 aromatic heterocycles. The second-order valence-electron chi connectivity index (χ2n) is 4.65. The van der Waals surface area contributed by atoms with Crippen LogP contribution >= 0.6 is 0 Å². The molecular weight excluding hydrogens is 219 g/mol. The van der Waals surface area contributed by atoms with Crippen molar-refractivity contribution in [1.82, 2.24) is 0 Å².